The predicted octanol–water partition coefficient (Wildman–Crippen LogP) is 1.98. The van der Waals surface area contributed by atoms with Crippen molar-refractivity contribution in [1.29, 1.82) is 0 Å². The molecule has 0 spiro atoms. The molecule has 1 heterocycles. The van der Waals surface area contributed by atoms with Gasteiger partial charge in [-0.05, 0) is 19.1 Å². The predicted molar refractivity (Wildman–Crippen MR) is 67.6 cm³/mol. The highest BCUT2D eigenvalue weighted by Crippen LogP contribution is 2.32. The number of Topliss-reactive ketones (excluding diaryl/α,β-unsaturated/α-hetero) is 1. The summed E-state index contributed by atoms with van der Waals surface area (Å²) in [6.45, 7) is 2.06. The fraction of sp³-hybridized carbons (Fsp3) is 0.429. The largest absolute Gasteiger partial charge is 0.497 e. The molecule has 1 aromatic rings. The van der Waals surface area contributed by atoms with Crippen molar-refractivity contribution < 1.29 is 23.8 Å². The third-order valence-electron chi connectivity index (χ3n) is 2.90. The molecular weight excluding hydrogens is 248 g/mol. The van der Waals surface area contributed by atoms with Crippen LogP contribution in [0.2, 0.25) is 0 Å². The average Bonchev–Trinajstić information content (AvgIpc) is 2.38. The van der Waals surface area contributed by atoms with Gasteiger partial charge in [-0.25, -0.2) is 0 Å². The van der Waals surface area contributed by atoms with Gasteiger partial charge in [0.2, 0.25) is 0 Å². The van der Waals surface area contributed by atoms with E-state index < -0.39 is 6.10 Å². The van der Waals surface area contributed by atoms with Crippen LogP contribution >= 0.6 is 0 Å². The maximum atomic E-state index is 12.0. The third kappa shape index (κ3) is 3.05. The smallest absolute Gasteiger partial charge is 0.309 e. The van der Waals surface area contributed by atoms with Gasteiger partial charge in [0, 0.05) is 12.5 Å². The van der Waals surface area contributed by atoms with Crippen LogP contribution in [0.4, 0.5) is 0 Å². The van der Waals surface area contributed by atoms with E-state index in [0.717, 1.165) is 0 Å². The summed E-state index contributed by atoms with van der Waals surface area (Å²) in [7, 11) is 1.54. The number of carbonyl (C=O) groups is 2. The second kappa shape index (κ2) is 5.73. The van der Waals surface area contributed by atoms with Gasteiger partial charge in [0.25, 0.3) is 0 Å². The van der Waals surface area contributed by atoms with E-state index in [4.69, 9.17) is 14.2 Å². The fourth-order valence-electron chi connectivity index (χ4n) is 2.02. The van der Waals surface area contributed by atoms with Crippen molar-refractivity contribution in [1.82, 2.24) is 0 Å². The van der Waals surface area contributed by atoms with Crippen LogP contribution < -0.4 is 9.47 Å². The summed E-state index contributed by atoms with van der Waals surface area (Å²) in [5.74, 6) is 0.693. The monoisotopic (exact) mass is 264 g/mol. The van der Waals surface area contributed by atoms with E-state index in [2.05, 4.69) is 0 Å². The molecular formula is C14H16O5. The van der Waals surface area contributed by atoms with Crippen molar-refractivity contribution in [3.05, 3.63) is 23.8 Å². The van der Waals surface area contributed by atoms with E-state index in [-0.39, 0.29) is 24.6 Å². The number of fused-ring (bicyclic) bond motifs is 1. The standard InChI is InChI=1S/C14H16O5/c1-3-18-14(16)8-10-6-12(15)11-5-4-9(17-2)7-13(11)19-10/h4-5,7,10H,3,6,8H2,1-2H3. The molecule has 102 valence electrons. The van der Waals surface area contributed by atoms with Gasteiger partial charge in [-0.2, -0.15) is 0 Å². The summed E-state index contributed by atoms with van der Waals surface area (Å²) in [5, 5.41) is 0. The van der Waals surface area contributed by atoms with Crippen molar-refractivity contribution in [3.8, 4) is 11.5 Å². The van der Waals surface area contributed by atoms with Crippen LogP contribution in [0.3, 0.4) is 0 Å². The maximum Gasteiger partial charge on any atom is 0.309 e. The van der Waals surface area contributed by atoms with Crippen LogP contribution in [0, 0.1) is 0 Å². The number of esters is 1. The Labute approximate surface area is 111 Å². The lowest BCUT2D eigenvalue weighted by Gasteiger charge is -2.24. The lowest BCUT2D eigenvalue weighted by molar-refractivity contribution is -0.144. The molecule has 0 saturated carbocycles. The van der Waals surface area contributed by atoms with E-state index in [1.54, 1.807) is 32.2 Å². The van der Waals surface area contributed by atoms with Gasteiger partial charge in [0.15, 0.2) is 5.78 Å². The second-order valence-electron chi connectivity index (χ2n) is 4.24. The molecule has 0 aromatic heterocycles. The summed E-state index contributed by atoms with van der Waals surface area (Å²) >= 11 is 0. The molecule has 0 amide bonds. The lowest BCUT2D eigenvalue weighted by Crippen LogP contribution is -2.29. The lowest BCUT2D eigenvalue weighted by atomic mass is 9.99. The maximum absolute atomic E-state index is 12.0. The van der Waals surface area contributed by atoms with Gasteiger partial charge in [-0.3, -0.25) is 9.59 Å². The number of benzene rings is 1. The molecule has 5 nitrogen and oxygen atoms in total. The van der Waals surface area contributed by atoms with E-state index in [1.807, 2.05) is 0 Å². The Hall–Kier alpha value is -2.04. The molecule has 1 atom stereocenters. The van der Waals surface area contributed by atoms with Crippen molar-refractivity contribution in [3.63, 3.8) is 0 Å². The second-order valence-corrected chi connectivity index (χ2v) is 4.24. The Morgan fingerprint density at radius 2 is 2.26 bits per heavy atom. The van der Waals surface area contributed by atoms with Gasteiger partial charge < -0.3 is 14.2 Å². The fourth-order valence-corrected chi connectivity index (χ4v) is 2.02. The first-order chi connectivity index (χ1) is 9.13. The Kier molecular flexibility index (Phi) is 4.04. The van der Waals surface area contributed by atoms with E-state index in [9.17, 15) is 9.59 Å². The van der Waals surface area contributed by atoms with Crippen LogP contribution in [0.15, 0.2) is 18.2 Å². The van der Waals surface area contributed by atoms with Gasteiger partial charge >= 0.3 is 5.97 Å². The number of methoxy groups -OCH3 is 1. The molecule has 0 fully saturated rings. The van der Waals surface area contributed by atoms with Crippen molar-refractivity contribution in [2.75, 3.05) is 13.7 Å². The Balaban J connectivity index is 2.13. The first-order valence-electron chi connectivity index (χ1n) is 6.17. The Bertz CT molecular complexity index is 495. The molecule has 0 saturated heterocycles. The summed E-state index contributed by atoms with van der Waals surface area (Å²) in [6.07, 6.45) is -0.194. The van der Waals surface area contributed by atoms with Crippen molar-refractivity contribution in [2.45, 2.75) is 25.9 Å². The van der Waals surface area contributed by atoms with Gasteiger partial charge in [0.1, 0.15) is 17.6 Å². The zero-order valence-corrected chi connectivity index (χ0v) is 11.0. The van der Waals surface area contributed by atoms with Crippen LogP contribution in [-0.2, 0) is 9.53 Å². The number of carbonyl (C=O) groups excluding carboxylic acids is 2. The molecule has 1 aliphatic heterocycles. The highest BCUT2D eigenvalue weighted by Gasteiger charge is 2.28. The van der Waals surface area contributed by atoms with Gasteiger partial charge in [0.05, 0.1) is 25.7 Å². The van der Waals surface area contributed by atoms with Crippen molar-refractivity contribution >= 4 is 11.8 Å². The highest BCUT2D eigenvalue weighted by atomic mass is 16.5. The molecule has 0 N–H and O–H groups in total. The SMILES string of the molecule is CCOC(=O)CC1CC(=O)c2ccc(OC)cc2O1. The topological polar surface area (TPSA) is 61.8 Å². The quantitative estimate of drug-likeness (QED) is 0.778. The minimum atomic E-state index is -0.467. The molecule has 19 heavy (non-hydrogen) atoms. The summed E-state index contributed by atoms with van der Waals surface area (Å²) < 4.78 is 15.6. The molecule has 1 aliphatic rings. The minimum Gasteiger partial charge on any atom is -0.497 e. The van der Waals surface area contributed by atoms with Gasteiger partial charge in [-0.15, -0.1) is 0 Å². The zero-order chi connectivity index (χ0) is 13.8. The number of hydrogen-bond acceptors (Lipinski definition) is 5. The molecule has 1 aromatic carbocycles. The average molecular weight is 264 g/mol. The Morgan fingerprint density at radius 1 is 1.47 bits per heavy atom. The normalized spacial score (nSPS) is 17.4. The minimum absolute atomic E-state index is 0.0294. The Morgan fingerprint density at radius 3 is 2.95 bits per heavy atom. The van der Waals surface area contributed by atoms with Crippen LogP contribution in [0.1, 0.15) is 30.1 Å². The highest BCUT2D eigenvalue weighted by molar-refractivity contribution is 6.00. The first kappa shape index (κ1) is 13.4. The van der Waals surface area contributed by atoms with Crippen LogP contribution in [0.5, 0.6) is 11.5 Å². The van der Waals surface area contributed by atoms with Crippen molar-refractivity contribution in [2.24, 2.45) is 0 Å². The number of ketones is 1. The molecule has 5 heteroatoms. The molecule has 0 radical (unpaired) electrons. The van der Waals surface area contributed by atoms with E-state index >= 15 is 0 Å². The molecule has 1 unspecified atom stereocenters. The number of hydrogen-bond donors (Lipinski definition) is 0. The zero-order valence-electron chi connectivity index (χ0n) is 11.0. The van der Waals surface area contributed by atoms with Crippen LogP contribution in [-0.4, -0.2) is 31.6 Å². The molecule has 0 bridgehead atoms. The first-order valence-corrected chi connectivity index (χ1v) is 6.17. The molecule has 2 rings (SSSR count). The van der Waals surface area contributed by atoms with Crippen LogP contribution in [0.25, 0.3) is 0 Å². The van der Waals surface area contributed by atoms with E-state index in [0.29, 0.717) is 23.7 Å². The third-order valence-corrected chi connectivity index (χ3v) is 2.90. The number of rotatable bonds is 4. The number of ether oxygens (including phenoxy) is 3. The van der Waals surface area contributed by atoms with Gasteiger partial charge in [-0.1, -0.05) is 0 Å². The summed E-state index contributed by atoms with van der Waals surface area (Å²) in [4.78, 5) is 23.4. The summed E-state index contributed by atoms with van der Waals surface area (Å²) in [6, 6.07) is 5.05. The summed E-state index contributed by atoms with van der Waals surface area (Å²) in [5.41, 5.74) is 0.529. The van der Waals surface area contributed by atoms with E-state index in [1.165, 1.54) is 0 Å². The molecule has 0 aliphatic carbocycles.